The molecule has 2 atom stereocenters. The highest BCUT2D eigenvalue weighted by atomic mass is 16.1. The van der Waals surface area contributed by atoms with Gasteiger partial charge in [0.25, 0.3) is 0 Å². The molecule has 1 aromatic carbocycles. The molecular weight excluding hydrogens is 236 g/mol. The van der Waals surface area contributed by atoms with Crippen LogP contribution in [-0.2, 0) is 11.2 Å². The highest BCUT2D eigenvalue weighted by Crippen LogP contribution is 2.23. The first-order valence-electron chi connectivity index (χ1n) is 7.21. The molecule has 0 bridgehead atoms. The lowest BCUT2D eigenvalue weighted by Crippen LogP contribution is -2.29. The molecule has 0 saturated heterocycles. The van der Waals surface area contributed by atoms with E-state index < -0.39 is 0 Å². The smallest absolute Gasteiger partial charge is 0.220 e. The molecule has 0 aromatic heterocycles. The van der Waals surface area contributed by atoms with Crippen LogP contribution in [0.15, 0.2) is 24.3 Å². The van der Waals surface area contributed by atoms with Crippen LogP contribution in [0.3, 0.4) is 0 Å². The Balaban J connectivity index is 1.67. The molecule has 104 valence electrons. The summed E-state index contributed by atoms with van der Waals surface area (Å²) in [4.78, 5) is 11.8. The molecular formula is C16H24N2O. The van der Waals surface area contributed by atoms with Crippen molar-refractivity contribution in [2.75, 3.05) is 6.54 Å². The topological polar surface area (TPSA) is 55.1 Å². The van der Waals surface area contributed by atoms with Gasteiger partial charge in [-0.05, 0) is 44.1 Å². The van der Waals surface area contributed by atoms with Crippen molar-refractivity contribution in [3.63, 3.8) is 0 Å². The third-order valence-electron chi connectivity index (χ3n) is 3.89. The van der Waals surface area contributed by atoms with Crippen molar-refractivity contribution >= 4 is 5.91 Å². The van der Waals surface area contributed by atoms with E-state index in [2.05, 4.69) is 30.4 Å². The molecule has 2 rings (SSSR count). The minimum absolute atomic E-state index is 0.155. The number of carbonyl (C=O) groups is 1. The van der Waals surface area contributed by atoms with E-state index >= 15 is 0 Å². The summed E-state index contributed by atoms with van der Waals surface area (Å²) in [6.45, 7) is 2.87. The van der Waals surface area contributed by atoms with E-state index in [0.29, 0.717) is 18.4 Å². The molecule has 0 spiro atoms. The number of benzene rings is 1. The van der Waals surface area contributed by atoms with Gasteiger partial charge in [-0.3, -0.25) is 4.79 Å². The van der Waals surface area contributed by atoms with Crippen LogP contribution >= 0.6 is 0 Å². The lowest BCUT2D eigenvalue weighted by molar-refractivity contribution is -0.121. The van der Waals surface area contributed by atoms with Crippen molar-refractivity contribution in [1.29, 1.82) is 0 Å². The van der Waals surface area contributed by atoms with Crippen LogP contribution in [0.25, 0.3) is 0 Å². The molecule has 0 radical (unpaired) electrons. The minimum Gasteiger partial charge on any atom is -0.356 e. The molecule has 19 heavy (non-hydrogen) atoms. The van der Waals surface area contributed by atoms with Crippen LogP contribution in [0.4, 0.5) is 0 Å². The zero-order valence-corrected chi connectivity index (χ0v) is 11.7. The molecule has 3 N–H and O–H groups in total. The summed E-state index contributed by atoms with van der Waals surface area (Å²) in [7, 11) is 0. The van der Waals surface area contributed by atoms with Crippen molar-refractivity contribution in [3.05, 3.63) is 35.4 Å². The molecule has 1 aliphatic rings. The summed E-state index contributed by atoms with van der Waals surface area (Å²) in [5, 5.41) is 3.04. The Morgan fingerprint density at radius 3 is 2.95 bits per heavy atom. The molecule has 3 heteroatoms. The zero-order chi connectivity index (χ0) is 13.7. The Labute approximate surface area is 115 Å². The second-order valence-electron chi connectivity index (χ2n) is 5.73. The van der Waals surface area contributed by atoms with E-state index in [0.717, 1.165) is 32.2 Å². The number of hydrogen-bond donors (Lipinski definition) is 2. The van der Waals surface area contributed by atoms with E-state index in [1.165, 1.54) is 11.1 Å². The van der Waals surface area contributed by atoms with E-state index in [1.807, 2.05) is 6.07 Å². The van der Waals surface area contributed by atoms with E-state index in [1.54, 1.807) is 0 Å². The first kappa shape index (κ1) is 14.1. The Hall–Kier alpha value is -1.35. The molecule has 1 aliphatic carbocycles. The fraction of sp³-hybridized carbons (Fsp3) is 0.562. The van der Waals surface area contributed by atoms with Crippen LogP contribution < -0.4 is 11.1 Å². The van der Waals surface area contributed by atoms with Crippen molar-refractivity contribution in [2.24, 2.45) is 11.7 Å². The van der Waals surface area contributed by atoms with Gasteiger partial charge in [-0.1, -0.05) is 29.8 Å². The van der Waals surface area contributed by atoms with Crippen LogP contribution in [0, 0.1) is 12.8 Å². The molecule has 0 aliphatic heterocycles. The van der Waals surface area contributed by atoms with Gasteiger partial charge < -0.3 is 11.1 Å². The van der Waals surface area contributed by atoms with Crippen LogP contribution in [0.2, 0.25) is 0 Å². The van der Waals surface area contributed by atoms with Gasteiger partial charge >= 0.3 is 0 Å². The molecule has 1 saturated carbocycles. The maximum absolute atomic E-state index is 11.8. The van der Waals surface area contributed by atoms with Crippen LogP contribution in [0.5, 0.6) is 0 Å². The third kappa shape index (κ3) is 4.67. The number of nitrogens with two attached hydrogens (primary N) is 1. The summed E-state index contributed by atoms with van der Waals surface area (Å²) in [5.41, 5.74) is 8.35. The van der Waals surface area contributed by atoms with Crippen molar-refractivity contribution < 1.29 is 4.79 Å². The minimum atomic E-state index is 0.155. The number of hydrogen-bond acceptors (Lipinski definition) is 2. The summed E-state index contributed by atoms with van der Waals surface area (Å²) in [5.74, 6) is 0.736. The lowest BCUT2D eigenvalue weighted by atomic mass is 10.1. The quantitative estimate of drug-likeness (QED) is 0.852. The normalized spacial score (nSPS) is 22.4. The highest BCUT2D eigenvalue weighted by Gasteiger charge is 2.21. The van der Waals surface area contributed by atoms with Gasteiger partial charge in [0.05, 0.1) is 0 Å². The molecule has 2 unspecified atom stereocenters. The fourth-order valence-electron chi connectivity index (χ4n) is 2.77. The summed E-state index contributed by atoms with van der Waals surface area (Å²) in [6.07, 6.45) is 4.70. The standard InChI is InChI=1S/C16H24N2O/c1-12-3-2-4-13(9-12)6-8-16(19)18-11-14-5-7-15(17)10-14/h2-4,9,14-15H,5-8,10-11,17H2,1H3,(H,18,19). The van der Waals surface area contributed by atoms with Gasteiger partial charge in [0.1, 0.15) is 0 Å². The van der Waals surface area contributed by atoms with E-state index in [9.17, 15) is 4.79 Å². The number of nitrogens with one attached hydrogen (secondary N) is 1. The number of amides is 1. The van der Waals surface area contributed by atoms with Gasteiger partial charge in [-0.15, -0.1) is 0 Å². The highest BCUT2D eigenvalue weighted by molar-refractivity contribution is 5.76. The second kappa shape index (κ2) is 6.71. The SMILES string of the molecule is Cc1cccc(CCC(=O)NCC2CCC(N)C2)c1. The maximum atomic E-state index is 11.8. The molecule has 3 nitrogen and oxygen atoms in total. The third-order valence-corrected chi connectivity index (χ3v) is 3.89. The van der Waals surface area contributed by atoms with Gasteiger partial charge in [0, 0.05) is 19.0 Å². The Kier molecular flexibility index (Phi) is 4.97. The first-order chi connectivity index (χ1) is 9.13. The average molecular weight is 260 g/mol. The summed E-state index contributed by atoms with van der Waals surface area (Å²) < 4.78 is 0. The van der Waals surface area contributed by atoms with Crippen molar-refractivity contribution in [2.45, 2.75) is 45.1 Å². The number of carbonyl (C=O) groups excluding carboxylic acids is 1. The molecule has 0 heterocycles. The number of rotatable bonds is 5. The van der Waals surface area contributed by atoms with E-state index in [4.69, 9.17) is 5.73 Å². The molecule has 1 fully saturated rings. The predicted molar refractivity (Wildman–Crippen MR) is 77.8 cm³/mol. The Morgan fingerprint density at radius 2 is 2.26 bits per heavy atom. The largest absolute Gasteiger partial charge is 0.356 e. The Bertz CT molecular complexity index is 431. The summed E-state index contributed by atoms with van der Waals surface area (Å²) >= 11 is 0. The number of aryl methyl sites for hydroxylation is 2. The second-order valence-corrected chi connectivity index (χ2v) is 5.73. The first-order valence-corrected chi connectivity index (χ1v) is 7.21. The predicted octanol–water partition coefficient (Wildman–Crippen LogP) is 2.17. The van der Waals surface area contributed by atoms with Crippen molar-refractivity contribution in [1.82, 2.24) is 5.32 Å². The Morgan fingerprint density at radius 1 is 1.42 bits per heavy atom. The molecule has 1 amide bonds. The summed E-state index contributed by atoms with van der Waals surface area (Å²) in [6, 6.07) is 8.68. The van der Waals surface area contributed by atoms with Crippen LogP contribution in [0.1, 0.15) is 36.8 Å². The van der Waals surface area contributed by atoms with E-state index in [-0.39, 0.29) is 5.91 Å². The van der Waals surface area contributed by atoms with Crippen LogP contribution in [-0.4, -0.2) is 18.5 Å². The fourth-order valence-corrected chi connectivity index (χ4v) is 2.77. The monoisotopic (exact) mass is 260 g/mol. The van der Waals surface area contributed by atoms with Gasteiger partial charge in [0.15, 0.2) is 0 Å². The average Bonchev–Trinajstić information content (AvgIpc) is 2.80. The maximum Gasteiger partial charge on any atom is 0.220 e. The zero-order valence-electron chi connectivity index (χ0n) is 11.7. The van der Waals surface area contributed by atoms with Gasteiger partial charge in [-0.25, -0.2) is 0 Å². The lowest BCUT2D eigenvalue weighted by Gasteiger charge is -2.11. The molecule has 1 aromatic rings. The van der Waals surface area contributed by atoms with Crippen molar-refractivity contribution in [3.8, 4) is 0 Å². The van der Waals surface area contributed by atoms with Gasteiger partial charge in [-0.2, -0.15) is 0 Å². The van der Waals surface area contributed by atoms with Gasteiger partial charge in [0.2, 0.25) is 5.91 Å².